The summed E-state index contributed by atoms with van der Waals surface area (Å²) in [6.45, 7) is 0.737. The normalized spacial score (nSPS) is 10.1. The van der Waals surface area contributed by atoms with Crippen molar-refractivity contribution < 1.29 is 18.8 Å². The zero-order chi connectivity index (χ0) is 12.0. The summed E-state index contributed by atoms with van der Waals surface area (Å²) in [5, 5.41) is 10.6. The van der Waals surface area contributed by atoms with Crippen LogP contribution in [0.15, 0.2) is 18.2 Å². The molecule has 16 heavy (non-hydrogen) atoms. The second-order valence-electron chi connectivity index (χ2n) is 3.06. The quantitative estimate of drug-likeness (QED) is 0.426. The molecule has 0 N–H and O–H groups in total. The first-order chi connectivity index (χ1) is 7.65. The Bertz CT molecular complexity index is 370. The topological polar surface area (TPSA) is 61.6 Å². The van der Waals surface area contributed by atoms with Crippen LogP contribution in [0.4, 0.5) is 10.1 Å². The third-order valence-corrected chi connectivity index (χ3v) is 1.87. The van der Waals surface area contributed by atoms with Gasteiger partial charge in [0.25, 0.3) is 0 Å². The van der Waals surface area contributed by atoms with E-state index in [4.69, 9.17) is 9.47 Å². The van der Waals surface area contributed by atoms with Gasteiger partial charge >= 0.3 is 5.69 Å². The van der Waals surface area contributed by atoms with Crippen LogP contribution in [0.5, 0.6) is 5.75 Å². The molecule has 0 heterocycles. The predicted molar refractivity (Wildman–Crippen MR) is 55.0 cm³/mol. The van der Waals surface area contributed by atoms with Crippen LogP contribution in [0.2, 0.25) is 0 Å². The van der Waals surface area contributed by atoms with E-state index >= 15 is 0 Å². The van der Waals surface area contributed by atoms with Crippen molar-refractivity contribution in [3.05, 3.63) is 34.1 Å². The molecule has 5 nitrogen and oxygen atoms in total. The third kappa shape index (κ3) is 3.47. The van der Waals surface area contributed by atoms with E-state index in [1.165, 1.54) is 0 Å². The van der Waals surface area contributed by atoms with Gasteiger partial charge in [-0.15, -0.1) is 0 Å². The van der Waals surface area contributed by atoms with Crippen LogP contribution in [0, 0.1) is 15.9 Å². The molecule has 0 aliphatic heterocycles. The van der Waals surface area contributed by atoms with Gasteiger partial charge in [0.2, 0.25) is 0 Å². The molecule has 1 aromatic rings. The molecule has 0 amide bonds. The Hall–Kier alpha value is -1.69. The highest BCUT2D eigenvalue weighted by atomic mass is 19.1. The SMILES string of the molecule is COCCCOc1cc(F)ccc1[N+](=O)[O-]. The molecule has 0 fully saturated rings. The molecule has 1 rings (SSSR count). The van der Waals surface area contributed by atoms with E-state index in [9.17, 15) is 14.5 Å². The number of methoxy groups -OCH3 is 1. The van der Waals surface area contributed by atoms with Gasteiger partial charge in [-0.2, -0.15) is 0 Å². The highest BCUT2D eigenvalue weighted by Gasteiger charge is 2.15. The van der Waals surface area contributed by atoms with E-state index in [-0.39, 0.29) is 18.0 Å². The fourth-order valence-corrected chi connectivity index (χ4v) is 1.14. The minimum absolute atomic E-state index is 0.0545. The van der Waals surface area contributed by atoms with E-state index in [2.05, 4.69) is 0 Å². The molecule has 0 atom stereocenters. The van der Waals surface area contributed by atoms with Crippen LogP contribution in [0.25, 0.3) is 0 Å². The van der Waals surface area contributed by atoms with Gasteiger partial charge in [-0.3, -0.25) is 10.1 Å². The van der Waals surface area contributed by atoms with Crippen LogP contribution < -0.4 is 4.74 Å². The molecular weight excluding hydrogens is 217 g/mol. The molecular formula is C10H12FNO4. The van der Waals surface area contributed by atoms with Gasteiger partial charge in [-0.05, 0) is 6.07 Å². The van der Waals surface area contributed by atoms with Crippen molar-refractivity contribution in [1.82, 2.24) is 0 Å². The minimum atomic E-state index is -0.606. The Balaban J connectivity index is 2.68. The van der Waals surface area contributed by atoms with Gasteiger partial charge in [0.15, 0.2) is 5.75 Å². The molecule has 0 unspecified atom stereocenters. The Kier molecular flexibility index (Phi) is 4.65. The van der Waals surface area contributed by atoms with Crippen molar-refractivity contribution in [2.75, 3.05) is 20.3 Å². The van der Waals surface area contributed by atoms with E-state index in [1.807, 2.05) is 0 Å². The maximum atomic E-state index is 12.9. The Labute approximate surface area is 91.9 Å². The summed E-state index contributed by atoms with van der Waals surface area (Å²) in [5.74, 6) is -0.617. The standard InChI is InChI=1S/C10H12FNO4/c1-15-5-2-6-16-10-7-8(11)3-4-9(10)12(13)14/h3-4,7H,2,5-6H2,1H3. The van der Waals surface area contributed by atoms with Crippen LogP contribution in [0.3, 0.4) is 0 Å². The lowest BCUT2D eigenvalue weighted by molar-refractivity contribution is -0.385. The lowest BCUT2D eigenvalue weighted by Gasteiger charge is -2.06. The zero-order valence-corrected chi connectivity index (χ0v) is 8.81. The number of nitro groups is 1. The molecule has 0 bridgehead atoms. The first-order valence-corrected chi connectivity index (χ1v) is 4.71. The summed E-state index contributed by atoms with van der Waals surface area (Å²) < 4.78 is 22.8. The Morgan fingerprint density at radius 1 is 1.44 bits per heavy atom. The highest BCUT2D eigenvalue weighted by molar-refractivity contribution is 5.46. The molecule has 6 heteroatoms. The lowest BCUT2D eigenvalue weighted by atomic mass is 10.3. The molecule has 0 radical (unpaired) electrons. The maximum absolute atomic E-state index is 12.9. The van der Waals surface area contributed by atoms with E-state index in [0.717, 1.165) is 18.2 Å². The number of rotatable bonds is 6. The van der Waals surface area contributed by atoms with Gasteiger partial charge in [0, 0.05) is 32.3 Å². The van der Waals surface area contributed by atoms with Gasteiger partial charge in [-0.25, -0.2) is 4.39 Å². The number of hydrogen-bond donors (Lipinski definition) is 0. The summed E-state index contributed by atoms with van der Waals surface area (Å²) in [5.41, 5.74) is -0.237. The number of benzene rings is 1. The smallest absolute Gasteiger partial charge is 0.311 e. The van der Waals surface area contributed by atoms with Crippen LogP contribution in [-0.2, 0) is 4.74 Å². The first kappa shape index (κ1) is 12.4. The molecule has 0 aromatic heterocycles. The van der Waals surface area contributed by atoms with E-state index in [0.29, 0.717) is 13.0 Å². The number of ether oxygens (including phenoxy) is 2. The van der Waals surface area contributed by atoms with E-state index < -0.39 is 10.7 Å². The van der Waals surface area contributed by atoms with Crippen molar-refractivity contribution in [2.45, 2.75) is 6.42 Å². The summed E-state index contributed by atoms with van der Waals surface area (Å²) >= 11 is 0. The van der Waals surface area contributed by atoms with E-state index in [1.54, 1.807) is 7.11 Å². The summed E-state index contributed by atoms with van der Waals surface area (Å²) in [4.78, 5) is 9.99. The summed E-state index contributed by atoms with van der Waals surface area (Å²) in [6, 6.07) is 3.12. The highest BCUT2D eigenvalue weighted by Crippen LogP contribution is 2.27. The van der Waals surface area contributed by atoms with Gasteiger partial charge in [-0.1, -0.05) is 0 Å². The molecule has 0 saturated carbocycles. The summed E-state index contributed by atoms with van der Waals surface area (Å²) in [7, 11) is 1.55. The first-order valence-electron chi connectivity index (χ1n) is 4.71. The maximum Gasteiger partial charge on any atom is 0.311 e. The summed E-state index contributed by atoms with van der Waals surface area (Å²) in [6.07, 6.45) is 0.587. The number of hydrogen-bond acceptors (Lipinski definition) is 4. The van der Waals surface area contributed by atoms with Gasteiger partial charge < -0.3 is 9.47 Å². The van der Waals surface area contributed by atoms with Gasteiger partial charge in [0.1, 0.15) is 5.82 Å². The average molecular weight is 229 g/mol. The largest absolute Gasteiger partial charge is 0.487 e. The third-order valence-electron chi connectivity index (χ3n) is 1.87. The molecule has 1 aromatic carbocycles. The molecule has 0 aliphatic carbocycles. The van der Waals surface area contributed by atoms with Crippen molar-refractivity contribution >= 4 is 5.69 Å². The number of nitro benzene ring substituents is 1. The number of nitrogens with zero attached hydrogens (tertiary/aromatic N) is 1. The van der Waals surface area contributed by atoms with Crippen molar-refractivity contribution in [3.8, 4) is 5.75 Å². The molecule has 0 saturated heterocycles. The monoisotopic (exact) mass is 229 g/mol. The molecule has 0 aliphatic rings. The van der Waals surface area contributed by atoms with Crippen molar-refractivity contribution in [3.63, 3.8) is 0 Å². The van der Waals surface area contributed by atoms with Crippen molar-refractivity contribution in [2.24, 2.45) is 0 Å². The molecule has 88 valence electrons. The Morgan fingerprint density at radius 3 is 2.81 bits per heavy atom. The average Bonchev–Trinajstić information content (AvgIpc) is 2.24. The lowest BCUT2D eigenvalue weighted by Crippen LogP contribution is -2.03. The van der Waals surface area contributed by atoms with Crippen LogP contribution in [0.1, 0.15) is 6.42 Å². The van der Waals surface area contributed by atoms with Crippen LogP contribution >= 0.6 is 0 Å². The number of halogens is 1. The fraction of sp³-hybridized carbons (Fsp3) is 0.400. The molecule has 0 spiro atoms. The van der Waals surface area contributed by atoms with Gasteiger partial charge in [0.05, 0.1) is 11.5 Å². The second kappa shape index (κ2) is 6.02. The fourth-order valence-electron chi connectivity index (χ4n) is 1.14. The zero-order valence-electron chi connectivity index (χ0n) is 8.81. The Morgan fingerprint density at radius 2 is 2.19 bits per heavy atom. The second-order valence-corrected chi connectivity index (χ2v) is 3.06. The predicted octanol–water partition coefficient (Wildman–Crippen LogP) is 2.15. The van der Waals surface area contributed by atoms with Crippen LogP contribution in [-0.4, -0.2) is 25.2 Å². The van der Waals surface area contributed by atoms with Crippen molar-refractivity contribution in [1.29, 1.82) is 0 Å². The minimum Gasteiger partial charge on any atom is -0.487 e.